The molecule has 6 nitrogen and oxygen atoms in total. The smallest absolute Gasteiger partial charge is 0.244 e. The molecule has 1 aromatic heterocycles. The summed E-state index contributed by atoms with van der Waals surface area (Å²) in [6, 6.07) is 9.82. The van der Waals surface area contributed by atoms with Gasteiger partial charge in [0.15, 0.2) is 0 Å². The van der Waals surface area contributed by atoms with Crippen LogP contribution in [0.15, 0.2) is 36.5 Å². The first-order valence-corrected chi connectivity index (χ1v) is 8.65. The fraction of sp³-hybridized carbons (Fsp3) is 0.421. The number of amides is 2. The molecule has 1 atom stereocenters. The van der Waals surface area contributed by atoms with Crippen LogP contribution in [0, 0.1) is 0 Å². The van der Waals surface area contributed by atoms with Crippen molar-refractivity contribution in [3.8, 4) is 0 Å². The predicted molar refractivity (Wildman–Crippen MR) is 96.9 cm³/mol. The van der Waals surface area contributed by atoms with E-state index in [0.29, 0.717) is 13.1 Å². The van der Waals surface area contributed by atoms with Gasteiger partial charge in [0.25, 0.3) is 0 Å². The van der Waals surface area contributed by atoms with E-state index in [2.05, 4.69) is 39.5 Å². The lowest BCUT2D eigenvalue weighted by Crippen LogP contribution is -2.53. The Bertz CT molecular complexity index is 764. The summed E-state index contributed by atoms with van der Waals surface area (Å²) < 4.78 is 0. The molecular formula is C19H24N4O2. The van der Waals surface area contributed by atoms with Crippen molar-refractivity contribution in [2.45, 2.75) is 26.4 Å². The van der Waals surface area contributed by atoms with Gasteiger partial charge in [0.1, 0.15) is 6.04 Å². The zero-order valence-corrected chi connectivity index (χ0v) is 14.7. The standard InChI is InChI=1S/C19H24N4O2/c1-14(21-15(2)24)19(25)23-11-9-22(10-12-23)13-17-6-3-5-16-7-4-8-20-18(16)17/h3-8,14H,9-13H2,1-2H3,(H,21,24). The van der Waals surface area contributed by atoms with Gasteiger partial charge < -0.3 is 10.2 Å². The first-order chi connectivity index (χ1) is 12.0. The monoisotopic (exact) mass is 340 g/mol. The van der Waals surface area contributed by atoms with Gasteiger partial charge in [-0.15, -0.1) is 0 Å². The Hall–Kier alpha value is -2.47. The average molecular weight is 340 g/mol. The Morgan fingerprint density at radius 3 is 2.60 bits per heavy atom. The van der Waals surface area contributed by atoms with E-state index in [1.165, 1.54) is 12.5 Å². The van der Waals surface area contributed by atoms with Crippen LogP contribution in [0.3, 0.4) is 0 Å². The molecule has 25 heavy (non-hydrogen) atoms. The van der Waals surface area contributed by atoms with Crippen molar-refractivity contribution in [3.05, 3.63) is 42.1 Å². The minimum Gasteiger partial charge on any atom is -0.345 e. The molecule has 1 N–H and O–H groups in total. The molecule has 1 aliphatic heterocycles. The number of nitrogens with one attached hydrogen (secondary N) is 1. The van der Waals surface area contributed by atoms with Crippen molar-refractivity contribution in [2.75, 3.05) is 26.2 Å². The zero-order chi connectivity index (χ0) is 17.8. The second-order valence-electron chi connectivity index (χ2n) is 6.52. The van der Waals surface area contributed by atoms with E-state index in [9.17, 15) is 9.59 Å². The molecule has 1 aromatic carbocycles. The fourth-order valence-corrected chi connectivity index (χ4v) is 3.30. The highest BCUT2D eigenvalue weighted by Crippen LogP contribution is 2.18. The second kappa shape index (κ2) is 7.61. The summed E-state index contributed by atoms with van der Waals surface area (Å²) in [6.45, 7) is 7.00. The van der Waals surface area contributed by atoms with E-state index in [-0.39, 0.29) is 11.8 Å². The predicted octanol–water partition coefficient (Wildman–Crippen LogP) is 1.40. The number of carbonyl (C=O) groups excluding carboxylic acids is 2. The number of nitrogens with zero attached hydrogens (tertiary/aromatic N) is 3. The summed E-state index contributed by atoms with van der Waals surface area (Å²) in [5.74, 6) is -0.190. The van der Waals surface area contributed by atoms with Crippen molar-refractivity contribution in [2.24, 2.45) is 0 Å². The van der Waals surface area contributed by atoms with E-state index < -0.39 is 6.04 Å². The van der Waals surface area contributed by atoms with Crippen molar-refractivity contribution < 1.29 is 9.59 Å². The molecule has 2 aromatic rings. The molecule has 1 aliphatic rings. The molecule has 3 rings (SSSR count). The lowest BCUT2D eigenvalue weighted by molar-refractivity contribution is -0.137. The SMILES string of the molecule is CC(=O)NC(C)C(=O)N1CCN(Cc2cccc3cccnc23)CC1. The maximum absolute atomic E-state index is 12.4. The number of piperazine rings is 1. The van der Waals surface area contributed by atoms with E-state index in [1.54, 1.807) is 6.92 Å². The first kappa shape index (κ1) is 17.4. The molecule has 2 heterocycles. The third kappa shape index (κ3) is 4.14. The maximum atomic E-state index is 12.4. The van der Waals surface area contributed by atoms with E-state index in [1.807, 2.05) is 17.2 Å². The third-order valence-corrected chi connectivity index (χ3v) is 4.58. The second-order valence-corrected chi connectivity index (χ2v) is 6.52. The molecule has 0 spiro atoms. The Morgan fingerprint density at radius 1 is 1.16 bits per heavy atom. The van der Waals surface area contributed by atoms with Gasteiger partial charge in [-0.1, -0.05) is 24.3 Å². The van der Waals surface area contributed by atoms with Crippen LogP contribution in [0.2, 0.25) is 0 Å². The van der Waals surface area contributed by atoms with Gasteiger partial charge in [0.2, 0.25) is 11.8 Å². The Morgan fingerprint density at radius 2 is 1.88 bits per heavy atom. The summed E-state index contributed by atoms with van der Waals surface area (Å²) >= 11 is 0. The number of fused-ring (bicyclic) bond motifs is 1. The molecule has 0 saturated carbocycles. The van der Waals surface area contributed by atoms with Gasteiger partial charge in [-0.2, -0.15) is 0 Å². The summed E-state index contributed by atoms with van der Waals surface area (Å²) in [7, 11) is 0. The van der Waals surface area contributed by atoms with Crippen LogP contribution < -0.4 is 5.32 Å². The normalized spacial score (nSPS) is 16.6. The van der Waals surface area contributed by atoms with Crippen LogP contribution in [-0.2, 0) is 16.1 Å². The molecule has 0 bridgehead atoms. The van der Waals surface area contributed by atoms with Gasteiger partial charge in [0.05, 0.1) is 5.52 Å². The van der Waals surface area contributed by atoms with Crippen LogP contribution in [0.25, 0.3) is 10.9 Å². The van der Waals surface area contributed by atoms with Gasteiger partial charge in [0, 0.05) is 51.2 Å². The average Bonchev–Trinajstić information content (AvgIpc) is 2.61. The quantitative estimate of drug-likeness (QED) is 0.914. The van der Waals surface area contributed by atoms with Gasteiger partial charge in [-0.3, -0.25) is 19.5 Å². The third-order valence-electron chi connectivity index (χ3n) is 4.58. The zero-order valence-electron chi connectivity index (χ0n) is 14.7. The van der Waals surface area contributed by atoms with Crippen LogP contribution in [0.1, 0.15) is 19.4 Å². The van der Waals surface area contributed by atoms with Crippen molar-refractivity contribution in [1.29, 1.82) is 0 Å². The number of hydrogen-bond acceptors (Lipinski definition) is 4. The van der Waals surface area contributed by atoms with Crippen LogP contribution in [-0.4, -0.2) is 58.8 Å². The molecule has 1 fully saturated rings. The number of benzene rings is 1. The number of pyridine rings is 1. The van der Waals surface area contributed by atoms with Crippen LogP contribution >= 0.6 is 0 Å². The van der Waals surface area contributed by atoms with Crippen molar-refractivity contribution in [3.63, 3.8) is 0 Å². The van der Waals surface area contributed by atoms with Crippen molar-refractivity contribution in [1.82, 2.24) is 20.1 Å². The minimum absolute atomic E-state index is 0.0123. The highest BCUT2D eigenvalue weighted by molar-refractivity contribution is 5.86. The highest BCUT2D eigenvalue weighted by Gasteiger charge is 2.25. The molecule has 0 aliphatic carbocycles. The Kier molecular flexibility index (Phi) is 5.28. The number of hydrogen-bond donors (Lipinski definition) is 1. The molecular weight excluding hydrogens is 316 g/mol. The molecule has 132 valence electrons. The Labute approximate surface area is 147 Å². The lowest BCUT2D eigenvalue weighted by Gasteiger charge is -2.36. The molecule has 2 amide bonds. The number of rotatable bonds is 4. The van der Waals surface area contributed by atoms with E-state index in [4.69, 9.17) is 0 Å². The van der Waals surface area contributed by atoms with Gasteiger partial charge in [-0.25, -0.2) is 0 Å². The Balaban J connectivity index is 1.59. The van der Waals surface area contributed by atoms with Gasteiger partial charge >= 0.3 is 0 Å². The largest absolute Gasteiger partial charge is 0.345 e. The number of carbonyl (C=O) groups is 2. The molecule has 1 unspecified atom stereocenters. The number of para-hydroxylation sites is 1. The van der Waals surface area contributed by atoms with Crippen molar-refractivity contribution >= 4 is 22.7 Å². The first-order valence-electron chi connectivity index (χ1n) is 8.65. The van der Waals surface area contributed by atoms with Gasteiger partial charge in [-0.05, 0) is 18.6 Å². The number of aromatic nitrogens is 1. The van der Waals surface area contributed by atoms with Crippen LogP contribution in [0.4, 0.5) is 0 Å². The fourth-order valence-electron chi connectivity index (χ4n) is 3.30. The lowest BCUT2D eigenvalue weighted by atomic mass is 10.1. The minimum atomic E-state index is -0.466. The summed E-state index contributed by atoms with van der Waals surface area (Å²) in [5, 5.41) is 3.81. The molecule has 1 saturated heterocycles. The summed E-state index contributed by atoms with van der Waals surface area (Å²) in [5.41, 5.74) is 2.26. The maximum Gasteiger partial charge on any atom is 0.244 e. The summed E-state index contributed by atoms with van der Waals surface area (Å²) in [4.78, 5) is 32.1. The van der Waals surface area contributed by atoms with Crippen LogP contribution in [0.5, 0.6) is 0 Å². The molecule has 6 heteroatoms. The van der Waals surface area contributed by atoms with E-state index in [0.717, 1.165) is 30.5 Å². The highest BCUT2D eigenvalue weighted by atomic mass is 16.2. The summed E-state index contributed by atoms with van der Waals surface area (Å²) in [6.07, 6.45) is 1.83. The van der Waals surface area contributed by atoms with E-state index >= 15 is 0 Å². The molecule has 0 radical (unpaired) electrons. The topological polar surface area (TPSA) is 65.5 Å².